The molecule has 5 aromatic rings. The van der Waals surface area contributed by atoms with Crippen molar-refractivity contribution in [1.82, 2.24) is 5.32 Å². The maximum Gasteiger partial charge on any atom is 0.272 e. The van der Waals surface area contributed by atoms with E-state index in [1.54, 1.807) is 73.8 Å². The molecule has 5 aromatic carbocycles. The Morgan fingerprint density at radius 3 is 2.13 bits per heavy atom. The summed E-state index contributed by atoms with van der Waals surface area (Å²) >= 11 is 4.82. The van der Waals surface area contributed by atoms with Crippen molar-refractivity contribution in [2.24, 2.45) is 0 Å². The van der Waals surface area contributed by atoms with Gasteiger partial charge in [0.1, 0.15) is 16.7 Å². The number of carbonyl (C=O) groups is 3. The number of halogens is 1. The Hall–Kier alpha value is -5.12. The molecule has 1 atom stereocenters. The molecule has 3 amide bonds. The van der Waals surface area contributed by atoms with Crippen LogP contribution < -0.4 is 20.7 Å². The van der Waals surface area contributed by atoms with Crippen LogP contribution in [0, 0.1) is 0 Å². The number of hydrogen-bond donors (Lipinski definition) is 3. The Labute approximate surface area is 280 Å². The molecule has 3 N–H and O–H groups in total. The molecule has 0 bridgehead atoms. The number of amides is 3. The Morgan fingerprint density at radius 1 is 0.739 bits per heavy atom. The molecular formula is C37H30BrN3O4S. The lowest BCUT2D eigenvalue weighted by molar-refractivity contribution is -0.116. The van der Waals surface area contributed by atoms with Gasteiger partial charge in [-0.2, -0.15) is 0 Å². The van der Waals surface area contributed by atoms with Crippen molar-refractivity contribution < 1.29 is 19.1 Å². The number of rotatable bonds is 11. The molecule has 230 valence electrons. The SMILES string of the molecule is COc1ccc(NC(=O)C(Sc2cccc(NC(=O)/C(=C\c3cccc(Br)c3)NC(=O)c3ccccc3)c2)c2ccccc2)cc1. The molecule has 46 heavy (non-hydrogen) atoms. The number of benzene rings is 5. The molecular weight excluding hydrogens is 662 g/mol. The predicted molar refractivity (Wildman–Crippen MR) is 188 cm³/mol. The minimum atomic E-state index is -0.577. The molecule has 0 aromatic heterocycles. The number of methoxy groups -OCH3 is 1. The van der Waals surface area contributed by atoms with Gasteiger partial charge < -0.3 is 20.7 Å². The lowest BCUT2D eigenvalue weighted by atomic mass is 10.1. The van der Waals surface area contributed by atoms with E-state index < -0.39 is 17.1 Å². The number of ether oxygens (including phenoxy) is 1. The number of carbonyl (C=O) groups excluding carboxylic acids is 3. The highest BCUT2D eigenvalue weighted by Crippen LogP contribution is 2.37. The summed E-state index contributed by atoms with van der Waals surface area (Å²) in [5, 5.41) is 8.09. The molecule has 5 rings (SSSR count). The van der Waals surface area contributed by atoms with E-state index in [1.165, 1.54) is 11.8 Å². The number of hydrogen-bond acceptors (Lipinski definition) is 5. The van der Waals surface area contributed by atoms with Gasteiger partial charge in [-0.3, -0.25) is 14.4 Å². The summed E-state index contributed by atoms with van der Waals surface area (Å²) in [6.07, 6.45) is 1.62. The molecule has 0 spiro atoms. The summed E-state index contributed by atoms with van der Waals surface area (Å²) < 4.78 is 6.06. The smallest absolute Gasteiger partial charge is 0.272 e. The topological polar surface area (TPSA) is 96.5 Å². The Bertz CT molecular complexity index is 1850. The van der Waals surface area contributed by atoms with Gasteiger partial charge in [-0.15, -0.1) is 11.8 Å². The first kappa shape index (κ1) is 32.3. The average molecular weight is 693 g/mol. The first-order valence-electron chi connectivity index (χ1n) is 14.3. The van der Waals surface area contributed by atoms with Crippen molar-refractivity contribution in [1.29, 1.82) is 0 Å². The summed E-state index contributed by atoms with van der Waals surface area (Å²) in [5.74, 6) is -0.406. The molecule has 1 unspecified atom stereocenters. The molecule has 0 fully saturated rings. The van der Waals surface area contributed by atoms with Gasteiger partial charge in [0.25, 0.3) is 11.8 Å². The van der Waals surface area contributed by atoms with Crippen LogP contribution in [0.4, 0.5) is 11.4 Å². The van der Waals surface area contributed by atoms with E-state index in [4.69, 9.17) is 4.74 Å². The third-order valence-corrected chi connectivity index (χ3v) is 8.47. The maximum atomic E-state index is 13.6. The minimum absolute atomic E-state index is 0.0750. The lowest BCUT2D eigenvalue weighted by Crippen LogP contribution is -2.30. The Kier molecular flexibility index (Phi) is 11.0. The van der Waals surface area contributed by atoms with Crippen molar-refractivity contribution in [3.8, 4) is 5.75 Å². The maximum absolute atomic E-state index is 13.6. The summed E-state index contributed by atoms with van der Waals surface area (Å²) in [4.78, 5) is 40.9. The van der Waals surface area contributed by atoms with Gasteiger partial charge >= 0.3 is 0 Å². The summed E-state index contributed by atoms with van der Waals surface area (Å²) in [7, 11) is 1.59. The van der Waals surface area contributed by atoms with Crippen LogP contribution in [0.15, 0.2) is 149 Å². The third-order valence-electron chi connectivity index (χ3n) is 6.73. The van der Waals surface area contributed by atoms with Crippen LogP contribution in [0.1, 0.15) is 26.7 Å². The fourth-order valence-corrected chi connectivity index (χ4v) is 5.97. The second-order valence-electron chi connectivity index (χ2n) is 10.0. The van der Waals surface area contributed by atoms with E-state index in [1.807, 2.05) is 72.8 Å². The van der Waals surface area contributed by atoms with Crippen molar-refractivity contribution in [3.05, 3.63) is 160 Å². The first-order chi connectivity index (χ1) is 22.4. The highest BCUT2D eigenvalue weighted by atomic mass is 79.9. The second-order valence-corrected chi connectivity index (χ2v) is 12.1. The first-order valence-corrected chi connectivity index (χ1v) is 16.0. The van der Waals surface area contributed by atoms with Crippen LogP contribution in [0.2, 0.25) is 0 Å². The summed E-state index contributed by atoms with van der Waals surface area (Å²) in [6, 6.07) is 40.0. The summed E-state index contributed by atoms with van der Waals surface area (Å²) in [5.41, 5.74) is 3.21. The van der Waals surface area contributed by atoms with Crippen LogP contribution in [0.25, 0.3) is 6.08 Å². The second kappa shape index (κ2) is 15.7. The highest BCUT2D eigenvalue weighted by molar-refractivity contribution is 9.10. The minimum Gasteiger partial charge on any atom is -0.497 e. The predicted octanol–water partition coefficient (Wildman–Crippen LogP) is 8.34. The largest absolute Gasteiger partial charge is 0.497 e. The molecule has 0 radical (unpaired) electrons. The quantitative estimate of drug-likeness (QED) is 0.0956. The van der Waals surface area contributed by atoms with Gasteiger partial charge in [0.2, 0.25) is 5.91 Å². The molecule has 0 aliphatic heterocycles. The van der Waals surface area contributed by atoms with Gasteiger partial charge in [0.05, 0.1) is 7.11 Å². The van der Waals surface area contributed by atoms with Gasteiger partial charge in [-0.1, -0.05) is 82.7 Å². The van der Waals surface area contributed by atoms with E-state index >= 15 is 0 Å². The normalized spacial score (nSPS) is 11.7. The molecule has 0 aliphatic rings. The average Bonchev–Trinajstić information content (AvgIpc) is 3.08. The number of nitrogens with one attached hydrogen (secondary N) is 3. The van der Waals surface area contributed by atoms with Crippen molar-refractivity contribution >= 4 is 62.9 Å². The van der Waals surface area contributed by atoms with Crippen LogP contribution in [-0.4, -0.2) is 24.8 Å². The monoisotopic (exact) mass is 691 g/mol. The van der Waals surface area contributed by atoms with Crippen molar-refractivity contribution in [3.63, 3.8) is 0 Å². The lowest BCUT2D eigenvalue weighted by Gasteiger charge is -2.18. The van der Waals surface area contributed by atoms with Crippen LogP contribution in [0.5, 0.6) is 5.75 Å². The van der Waals surface area contributed by atoms with Crippen molar-refractivity contribution in [2.45, 2.75) is 10.1 Å². The van der Waals surface area contributed by atoms with E-state index in [2.05, 4.69) is 31.9 Å². The standard InChI is InChI=1S/C37H30BrN3O4S/c1-45-31-20-18-29(19-21-31)39-37(44)34(26-11-4-2-5-12-26)46-32-17-9-16-30(24-32)40-36(43)33(23-25-10-8-15-28(38)22-25)41-35(42)27-13-6-3-7-14-27/h2-24,34H,1H3,(H,39,44)(H,40,43)(H,41,42)/b33-23+. The zero-order valence-electron chi connectivity index (χ0n) is 24.8. The van der Waals surface area contributed by atoms with E-state index in [-0.39, 0.29) is 11.6 Å². The van der Waals surface area contributed by atoms with Crippen LogP contribution >= 0.6 is 27.7 Å². The Balaban J connectivity index is 1.36. The third kappa shape index (κ3) is 8.97. The summed E-state index contributed by atoms with van der Waals surface area (Å²) in [6.45, 7) is 0. The zero-order chi connectivity index (χ0) is 32.3. The van der Waals surface area contributed by atoms with Crippen molar-refractivity contribution in [2.75, 3.05) is 17.7 Å². The van der Waals surface area contributed by atoms with Crippen LogP contribution in [-0.2, 0) is 9.59 Å². The number of thioether (sulfide) groups is 1. The van der Waals surface area contributed by atoms with Gasteiger partial charge in [-0.25, -0.2) is 0 Å². The Morgan fingerprint density at radius 2 is 1.43 bits per heavy atom. The van der Waals surface area contributed by atoms with Crippen LogP contribution in [0.3, 0.4) is 0 Å². The fourth-order valence-electron chi connectivity index (χ4n) is 4.47. The molecule has 9 heteroatoms. The van der Waals surface area contributed by atoms with Gasteiger partial charge in [-0.05, 0) is 83.9 Å². The zero-order valence-corrected chi connectivity index (χ0v) is 27.2. The molecule has 7 nitrogen and oxygen atoms in total. The van der Waals surface area contributed by atoms with E-state index in [9.17, 15) is 14.4 Å². The van der Waals surface area contributed by atoms with Gasteiger partial charge in [0.15, 0.2) is 0 Å². The van der Waals surface area contributed by atoms with E-state index in [0.717, 1.165) is 20.5 Å². The fraction of sp³-hybridized carbons (Fsp3) is 0.0541. The molecule has 0 saturated carbocycles. The highest BCUT2D eigenvalue weighted by Gasteiger charge is 2.23. The molecule has 0 saturated heterocycles. The van der Waals surface area contributed by atoms with Gasteiger partial charge in [0, 0.05) is 26.3 Å². The van der Waals surface area contributed by atoms with E-state index in [0.29, 0.717) is 22.7 Å². The number of anilines is 2. The molecule has 0 aliphatic carbocycles. The molecule has 0 heterocycles.